The minimum atomic E-state index is -3.20. The molecule has 0 aliphatic carbocycles. The molecular weight excluding hydrogens is 949 g/mol. The summed E-state index contributed by atoms with van der Waals surface area (Å²) in [5.41, 5.74) is 1.61. The highest BCUT2D eigenvalue weighted by Crippen LogP contribution is 2.32. The van der Waals surface area contributed by atoms with Gasteiger partial charge >= 0.3 is 12.2 Å². The van der Waals surface area contributed by atoms with E-state index in [9.17, 15) is 26.8 Å². The monoisotopic (exact) mass is 1010 g/mol. The van der Waals surface area contributed by atoms with Gasteiger partial charge in [-0.1, -0.05) is 5.92 Å². The maximum atomic E-state index is 14.8. The van der Waals surface area contributed by atoms with Gasteiger partial charge in [0.2, 0.25) is 23.5 Å². The second-order valence-corrected chi connectivity index (χ2v) is 19.8. The van der Waals surface area contributed by atoms with Gasteiger partial charge in [0, 0.05) is 102 Å². The smallest absolute Gasteiger partial charge is 0.410 e. The Labute approximate surface area is 412 Å². The first-order valence-corrected chi connectivity index (χ1v) is 25.5. The summed E-state index contributed by atoms with van der Waals surface area (Å²) in [7, 11) is -3.20. The third kappa shape index (κ3) is 16.5. The molecule has 0 unspecified atom stereocenters. The minimum Gasteiger partial charge on any atom is -0.474 e. The molecule has 4 aromatic heterocycles. The summed E-state index contributed by atoms with van der Waals surface area (Å²) in [6, 6.07) is 2.51. The number of carbonyl (C=O) groups is 2. The van der Waals surface area contributed by atoms with Crippen molar-refractivity contribution in [2.75, 3.05) is 71.0 Å². The van der Waals surface area contributed by atoms with Crippen LogP contribution in [0.1, 0.15) is 75.9 Å². The Kier molecular flexibility index (Phi) is 19.4. The van der Waals surface area contributed by atoms with E-state index in [0.717, 1.165) is 51.4 Å². The number of sulfone groups is 1. The molecule has 2 amide bonds. The third-order valence-corrected chi connectivity index (χ3v) is 12.2. The molecule has 384 valence electrons. The fraction of sp³-hybridized carbons (Fsp3) is 0.542. The summed E-state index contributed by atoms with van der Waals surface area (Å²) in [6.07, 6.45) is 13.5. The summed E-state index contributed by atoms with van der Waals surface area (Å²) in [5.74, 6) is 1.41. The Morgan fingerprint density at radius 3 is 1.68 bits per heavy atom. The number of likely N-dealkylation sites (tertiary alicyclic amines) is 2. The van der Waals surface area contributed by atoms with E-state index in [-0.39, 0.29) is 89.2 Å². The lowest BCUT2D eigenvalue weighted by Crippen LogP contribution is -2.42. The zero-order valence-electron chi connectivity index (χ0n) is 40.8. The van der Waals surface area contributed by atoms with E-state index < -0.39 is 21.5 Å². The lowest BCUT2D eigenvalue weighted by Gasteiger charge is -2.31. The highest BCUT2D eigenvalue weighted by molar-refractivity contribution is 7.90. The van der Waals surface area contributed by atoms with Crippen molar-refractivity contribution in [3.63, 3.8) is 0 Å². The van der Waals surface area contributed by atoms with Crippen molar-refractivity contribution < 1.29 is 59.9 Å². The van der Waals surface area contributed by atoms with Crippen LogP contribution in [0.2, 0.25) is 0 Å². The first kappa shape index (κ1) is 53.8. The van der Waals surface area contributed by atoms with Crippen LogP contribution in [0.15, 0.2) is 37.2 Å². The molecule has 0 atom stereocenters. The number of carbonyl (C=O) groups excluding carboxylic acids is 2. The summed E-state index contributed by atoms with van der Waals surface area (Å²) in [4.78, 5) is 54.6. The van der Waals surface area contributed by atoms with Crippen LogP contribution >= 0.6 is 0 Å². The maximum absolute atomic E-state index is 14.8. The lowest BCUT2D eigenvalue weighted by atomic mass is 10.1. The van der Waals surface area contributed by atoms with Crippen molar-refractivity contribution in [2.45, 2.75) is 97.6 Å². The summed E-state index contributed by atoms with van der Waals surface area (Å²) in [5, 5.41) is 0. The Morgan fingerprint density at radius 2 is 1.18 bits per heavy atom. The van der Waals surface area contributed by atoms with Crippen molar-refractivity contribution in [2.24, 2.45) is 0 Å². The summed E-state index contributed by atoms with van der Waals surface area (Å²) in [6.45, 7) is 15.0. The van der Waals surface area contributed by atoms with Crippen LogP contribution in [0.3, 0.4) is 0 Å². The van der Waals surface area contributed by atoms with E-state index in [2.05, 4.69) is 40.7 Å². The van der Waals surface area contributed by atoms with Gasteiger partial charge in [-0.25, -0.2) is 46.7 Å². The Morgan fingerprint density at radius 1 is 0.718 bits per heavy atom. The second kappa shape index (κ2) is 25.6. The number of pyridine rings is 2. The van der Waals surface area contributed by atoms with Crippen molar-refractivity contribution in [3.8, 4) is 47.4 Å². The predicted octanol–water partition coefficient (Wildman–Crippen LogP) is 6.13. The molecule has 0 N–H and O–H groups in total. The number of hydrogen-bond acceptors (Lipinski definition) is 18. The number of terminal acetylenes is 1. The molecular formula is C48H61F2N9O11S. The molecule has 23 heteroatoms. The van der Waals surface area contributed by atoms with Crippen molar-refractivity contribution in [3.05, 3.63) is 71.3 Å². The first-order valence-electron chi connectivity index (χ1n) is 23.4. The Balaban J connectivity index is 0.000000233. The number of halogens is 2. The lowest BCUT2D eigenvalue weighted by molar-refractivity contribution is 0.0383. The topological polar surface area (TPSA) is 220 Å². The number of hydrogen-bond donors (Lipinski definition) is 0. The fourth-order valence-corrected chi connectivity index (χ4v) is 7.98. The van der Waals surface area contributed by atoms with Gasteiger partial charge in [0.25, 0.3) is 0 Å². The molecule has 3 fully saturated rings. The SMILES string of the molecule is C#Cc1c(Oc2cnc(CCS(C)(=O)=O)cc2F)ncnc1OC1CCN(C(=O)OC(C)C)CC1.Cc1c(Oc2cnc(CCN3CCOCC3)cc2F)ncnc1OC1CCN(C(=O)OC(C)C)CC1. The van der Waals surface area contributed by atoms with Crippen molar-refractivity contribution >= 4 is 22.0 Å². The zero-order valence-corrected chi connectivity index (χ0v) is 41.7. The highest BCUT2D eigenvalue weighted by Gasteiger charge is 2.29. The van der Waals surface area contributed by atoms with Gasteiger partial charge in [-0.15, -0.1) is 6.42 Å². The van der Waals surface area contributed by atoms with Crippen molar-refractivity contribution in [1.82, 2.24) is 44.6 Å². The van der Waals surface area contributed by atoms with Gasteiger partial charge in [0.15, 0.2) is 23.1 Å². The zero-order chi connectivity index (χ0) is 51.1. The number of aryl methyl sites for hydroxylation is 1. The minimum absolute atomic E-state index is 0.00477. The molecule has 3 aliphatic heterocycles. The van der Waals surface area contributed by atoms with Crippen LogP contribution < -0.4 is 18.9 Å². The Hall–Kier alpha value is -6.51. The van der Waals surface area contributed by atoms with Gasteiger partial charge in [-0.3, -0.25) is 14.9 Å². The van der Waals surface area contributed by atoms with Crippen molar-refractivity contribution in [1.29, 1.82) is 0 Å². The van der Waals surface area contributed by atoms with Crippen LogP contribution in [0, 0.1) is 30.9 Å². The molecule has 71 heavy (non-hydrogen) atoms. The van der Waals surface area contributed by atoms with E-state index in [1.54, 1.807) is 30.6 Å². The summed E-state index contributed by atoms with van der Waals surface area (Å²) < 4.78 is 91.1. The molecule has 0 saturated carbocycles. The van der Waals surface area contributed by atoms with Gasteiger partial charge in [-0.2, -0.15) is 0 Å². The van der Waals surface area contributed by atoms with Gasteiger partial charge in [-0.05, 0) is 46.8 Å². The quantitative estimate of drug-likeness (QED) is 0.115. The van der Waals surface area contributed by atoms with Crippen LogP contribution in [-0.4, -0.2) is 161 Å². The van der Waals surface area contributed by atoms with E-state index >= 15 is 0 Å². The molecule has 0 bridgehead atoms. The fourth-order valence-electron chi connectivity index (χ4n) is 7.40. The largest absolute Gasteiger partial charge is 0.474 e. The van der Waals surface area contributed by atoms with Gasteiger partial charge < -0.3 is 43.0 Å². The third-order valence-electron chi connectivity index (χ3n) is 11.2. The van der Waals surface area contributed by atoms with E-state index in [0.29, 0.717) is 75.4 Å². The maximum Gasteiger partial charge on any atom is 0.410 e. The molecule has 0 spiro atoms. The average molecular weight is 1010 g/mol. The van der Waals surface area contributed by atoms with Crippen LogP contribution in [-0.2, 0) is 36.9 Å². The first-order chi connectivity index (χ1) is 33.9. The van der Waals surface area contributed by atoms with E-state index in [1.807, 2.05) is 13.8 Å². The van der Waals surface area contributed by atoms with Crippen LogP contribution in [0.25, 0.3) is 0 Å². The molecule has 3 aliphatic rings. The number of rotatable bonds is 16. The van der Waals surface area contributed by atoms with Crippen LogP contribution in [0.4, 0.5) is 18.4 Å². The predicted molar refractivity (Wildman–Crippen MR) is 253 cm³/mol. The summed E-state index contributed by atoms with van der Waals surface area (Å²) >= 11 is 0. The van der Waals surface area contributed by atoms with Crippen LogP contribution in [0.5, 0.6) is 35.0 Å². The number of piperidine rings is 2. The number of ether oxygens (including phenoxy) is 7. The Bertz CT molecular complexity index is 2580. The van der Waals surface area contributed by atoms with E-state index in [4.69, 9.17) is 39.6 Å². The molecule has 7 heterocycles. The molecule has 0 aromatic carbocycles. The number of aromatic nitrogens is 6. The van der Waals surface area contributed by atoms with E-state index in [1.165, 1.54) is 24.9 Å². The molecule has 3 saturated heterocycles. The number of amides is 2. The second-order valence-electron chi connectivity index (χ2n) is 17.6. The normalized spacial score (nSPS) is 15.9. The number of morpholine rings is 1. The molecule has 4 aromatic rings. The average Bonchev–Trinajstić information content (AvgIpc) is 3.33. The van der Waals surface area contributed by atoms with Gasteiger partial charge in [0.05, 0.1) is 49.1 Å². The highest BCUT2D eigenvalue weighted by atomic mass is 32.2. The molecule has 0 radical (unpaired) electrons. The standard InChI is InChI=1S/C25H34FN5O5.C23H27FN4O6S/c1-17(2)34-25(32)31-8-5-20(6-9-31)35-23-18(3)24(29-16-28-23)36-22-15-27-19(14-21(22)26)4-7-30-10-12-33-13-11-30;1-5-18-21(33-17-6-9-28(10-7-17)23(29)32-15(2)3)26-14-27-22(18)34-20-13-25-16(12-19(20)24)8-11-35(4,30)31/h14-17,20H,4-13H2,1-3H3;1,12-15,17H,6-11H2,2-4H3. The number of nitrogens with zero attached hydrogens (tertiary/aromatic N) is 9. The van der Waals surface area contributed by atoms with Gasteiger partial charge in [0.1, 0.15) is 40.3 Å². The molecule has 7 rings (SSSR count). The molecule has 20 nitrogen and oxygen atoms in total.